The van der Waals surface area contributed by atoms with Gasteiger partial charge in [0.1, 0.15) is 17.6 Å². The molecule has 0 fully saturated rings. The number of benzene rings is 2. The normalized spacial score (nSPS) is 10.8. The number of hydrogen-bond donors (Lipinski definition) is 2. The number of aromatic amines is 1. The molecule has 0 saturated carbocycles. The number of hydrogen-bond acceptors (Lipinski definition) is 6. The van der Waals surface area contributed by atoms with Crippen LogP contribution in [0, 0.1) is 11.3 Å². The maximum Gasteiger partial charge on any atom is 0.200 e. The Morgan fingerprint density at radius 2 is 1.78 bits per heavy atom. The number of fused-ring (bicyclic) bond motifs is 1. The van der Waals surface area contributed by atoms with E-state index in [9.17, 15) is 10.4 Å². The van der Waals surface area contributed by atoms with Crippen molar-refractivity contribution in [1.29, 1.82) is 5.26 Å². The fourth-order valence-electron chi connectivity index (χ4n) is 2.56. The van der Waals surface area contributed by atoms with Crippen LogP contribution < -0.4 is 14.2 Å². The summed E-state index contributed by atoms with van der Waals surface area (Å²) in [5.74, 6) is 1.54. The van der Waals surface area contributed by atoms with E-state index in [1.54, 1.807) is 31.4 Å². The molecule has 0 amide bonds. The topological polar surface area (TPSA) is 100 Å². The highest BCUT2D eigenvalue weighted by atomic mass is 35.5. The summed E-state index contributed by atoms with van der Waals surface area (Å²) in [5.41, 5.74) is 2.45. The van der Waals surface area contributed by atoms with Crippen LogP contribution >= 0.6 is 12.4 Å². The summed E-state index contributed by atoms with van der Waals surface area (Å²) in [6.07, 6.45) is 1.64. The molecule has 0 atom stereocenters. The Balaban J connectivity index is 0.00000261. The molecule has 8 heteroatoms. The first-order valence-corrected chi connectivity index (χ1v) is 7.70. The van der Waals surface area contributed by atoms with E-state index in [4.69, 9.17) is 14.2 Å². The van der Waals surface area contributed by atoms with Crippen molar-refractivity contribution >= 4 is 35.1 Å². The first kappa shape index (κ1) is 19.9. The number of imidazole rings is 1. The quantitative estimate of drug-likeness (QED) is 0.646. The van der Waals surface area contributed by atoms with Gasteiger partial charge in [-0.2, -0.15) is 5.26 Å². The van der Waals surface area contributed by atoms with Crippen LogP contribution in [0.15, 0.2) is 30.3 Å². The van der Waals surface area contributed by atoms with Gasteiger partial charge in [0.25, 0.3) is 0 Å². The zero-order valence-corrected chi connectivity index (χ0v) is 15.8. The Morgan fingerprint density at radius 3 is 2.33 bits per heavy atom. The van der Waals surface area contributed by atoms with E-state index in [-0.39, 0.29) is 29.7 Å². The minimum atomic E-state index is -0.0958. The number of phenolic OH excluding ortho intramolecular Hbond substituents is 1. The van der Waals surface area contributed by atoms with Crippen LogP contribution in [0.4, 0.5) is 0 Å². The molecule has 3 rings (SSSR count). The zero-order chi connectivity index (χ0) is 18.7. The molecular formula is C19H18ClN3O4. The molecule has 0 aliphatic carbocycles. The summed E-state index contributed by atoms with van der Waals surface area (Å²) in [7, 11) is 4.48. The molecule has 1 aromatic heterocycles. The number of nitrogens with one attached hydrogen (secondary N) is 1. The predicted molar refractivity (Wildman–Crippen MR) is 105 cm³/mol. The molecule has 0 unspecified atom stereocenters. The number of halogens is 1. The summed E-state index contributed by atoms with van der Waals surface area (Å²) in [5, 5.41) is 19.6. The van der Waals surface area contributed by atoms with Gasteiger partial charge in [-0.3, -0.25) is 0 Å². The van der Waals surface area contributed by atoms with Crippen molar-refractivity contribution in [2.24, 2.45) is 0 Å². The molecule has 0 bridgehead atoms. The molecular weight excluding hydrogens is 370 g/mol. The number of aromatic hydroxyl groups is 1. The summed E-state index contributed by atoms with van der Waals surface area (Å²) in [6.45, 7) is 0. The lowest BCUT2D eigenvalue weighted by molar-refractivity contribution is 0.340. The third kappa shape index (κ3) is 3.91. The number of nitrogens with zero attached hydrogens (tertiary/aromatic N) is 2. The lowest BCUT2D eigenvalue weighted by Gasteiger charge is -2.09. The number of phenols is 1. The maximum absolute atomic E-state index is 10.0. The van der Waals surface area contributed by atoms with Crippen LogP contribution in [0.25, 0.3) is 22.7 Å². The van der Waals surface area contributed by atoms with Gasteiger partial charge in [-0.25, -0.2) is 4.98 Å². The monoisotopic (exact) mass is 387 g/mol. The Labute approximate surface area is 162 Å². The van der Waals surface area contributed by atoms with Crippen molar-refractivity contribution in [1.82, 2.24) is 9.97 Å². The molecule has 2 aromatic carbocycles. The number of methoxy groups -OCH3 is 3. The number of H-pyrrole nitrogens is 1. The highest BCUT2D eigenvalue weighted by molar-refractivity contribution is 5.91. The standard InChI is InChI=1S/C19H17N3O4.ClH/c1-24-13-4-5-14-15(9-13)22-19(21-14)12(10-20)6-11-7-16(25-2)18(23)17(8-11)26-3;/h4-9,23H,1-3H3,(H,21,22);1H/b12-6-;. The summed E-state index contributed by atoms with van der Waals surface area (Å²) in [6, 6.07) is 10.8. The number of ether oxygens (including phenoxy) is 3. The Kier molecular flexibility index (Phi) is 6.16. The lowest BCUT2D eigenvalue weighted by Crippen LogP contribution is -1.91. The molecule has 0 spiro atoms. The van der Waals surface area contributed by atoms with Crippen molar-refractivity contribution in [3.05, 3.63) is 41.7 Å². The number of rotatable bonds is 5. The minimum absolute atomic E-state index is 0. The first-order valence-electron chi connectivity index (χ1n) is 7.70. The highest BCUT2D eigenvalue weighted by Crippen LogP contribution is 2.38. The van der Waals surface area contributed by atoms with Crippen molar-refractivity contribution in [3.63, 3.8) is 0 Å². The van der Waals surface area contributed by atoms with Gasteiger partial charge in [0.2, 0.25) is 5.75 Å². The van der Waals surface area contributed by atoms with E-state index in [2.05, 4.69) is 16.0 Å². The van der Waals surface area contributed by atoms with Gasteiger partial charge in [0, 0.05) is 6.07 Å². The largest absolute Gasteiger partial charge is 0.502 e. The lowest BCUT2D eigenvalue weighted by atomic mass is 10.1. The van der Waals surface area contributed by atoms with E-state index < -0.39 is 0 Å². The van der Waals surface area contributed by atoms with Crippen LogP contribution in [0.1, 0.15) is 11.4 Å². The average molecular weight is 388 g/mol. The average Bonchev–Trinajstić information content (AvgIpc) is 3.09. The second-order valence-corrected chi connectivity index (χ2v) is 5.41. The van der Waals surface area contributed by atoms with E-state index in [1.807, 2.05) is 12.1 Å². The molecule has 7 nitrogen and oxygen atoms in total. The van der Waals surface area contributed by atoms with Crippen LogP contribution in [-0.4, -0.2) is 36.4 Å². The third-order valence-corrected chi connectivity index (χ3v) is 3.88. The van der Waals surface area contributed by atoms with E-state index in [1.165, 1.54) is 14.2 Å². The zero-order valence-electron chi connectivity index (χ0n) is 14.9. The van der Waals surface area contributed by atoms with Gasteiger partial charge >= 0.3 is 0 Å². The third-order valence-electron chi connectivity index (χ3n) is 3.88. The van der Waals surface area contributed by atoms with Crippen LogP contribution in [0.2, 0.25) is 0 Å². The van der Waals surface area contributed by atoms with Crippen LogP contribution in [0.3, 0.4) is 0 Å². The van der Waals surface area contributed by atoms with Gasteiger partial charge in [0.05, 0.1) is 37.9 Å². The molecule has 0 saturated heterocycles. The van der Waals surface area contributed by atoms with Gasteiger partial charge in [-0.1, -0.05) is 0 Å². The predicted octanol–water partition coefficient (Wildman–Crippen LogP) is 3.78. The second kappa shape index (κ2) is 8.34. The highest BCUT2D eigenvalue weighted by Gasteiger charge is 2.13. The molecule has 2 N–H and O–H groups in total. The molecule has 1 heterocycles. The number of aromatic nitrogens is 2. The van der Waals surface area contributed by atoms with Crippen molar-refractivity contribution in [2.45, 2.75) is 0 Å². The SMILES string of the molecule is COc1ccc2nc(/C(C#N)=C\c3cc(OC)c(O)c(OC)c3)[nH]c2c1.Cl. The van der Waals surface area contributed by atoms with Crippen molar-refractivity contribution < 1.29 is 19.3 Å². The Morgan fingerprint density at radius 1 is 1.11 bits per heavy atom. The first-order chi connectivity index (χ1) is 12.6. The molecule has 27 heavy (non-hydrogen) atoms. The number of allylic oxidation sites excluding steroid dienone is 1. The van der Waals surface area contributed by atoms with Gasteiger partial charge in [-0.15, -0.1) is 12.4 Å². The molecule has 3 aromatic rings. The summed E-state index contributed by atoms with van der Waals surface area (Å²) < 4.78 is 15.5. The minimum Gasteiger partial charge on any atom is -0.502 e. The fourth-order valence-corrected chi connectivity index (χ4v) is 2.56. The molecule has 0 aliphatic rings. The Bertz CT molecular complexity index is 1010. The summed E-state index contributed by atoms with van der Waals surface area (Å²) >= 11 is 0. The van der Waals surface area contributed by atoms with Crippen LogP contribution in [0.5, 0.6) is 23.0 Å². The van der Waals surface area contributed by atoms with E-state index in [0.717, 1.165) is 11.0 Å². The van der Waals surface area contributed by atoms with Crippen LogP contribution in [-0.2, 0) is 0 Å². The molecule has 140 valence electrons. The van der Waals surface area contributed by atoms with E-state index >= 15 is 0 Å². The number of nitriles is 1. The van der Waals surface area contributed by atoms with E-state index in [0.29, 0.717) is 22.7 Å². The Hall–Kier alpha value is -3.37. The smallest absolute Gasteiger partial charge is 0.200 e. The summed E-state index contributed by atoms with van der Waals surface area (Å²) in [4.78, 5) is 7.56. The van der Waals surface area contributed by atoms with Gasteiger partial charge in [-0.05, 0) is 35.9 Å². The van der Waals surface area contributed by atoms with Gasteiger partial charge in [0.15, 0.2) is 11.5 Å². The second-order valence-electron chi connectivity index (χ2n) is 5.41. The molecule has 0 radical (unpaired) electrons. The molecule has 0 aliphatic heterocycles. The van der Waals surface area contributed by atoms with Crippen molar-refractivity contribution in [2.75, 3.05) is 21.3 Å². The maximum atomic E-state index is 10.0. The fraction of sp³-hybridized carbons (Fsp3) is 0.158. The van der Waals surface area contributed by atoms with Crippen molar-refractivity contribution in [3.8, 4) is 29.1 Å². The van der Waals surface area contributed by atoms with Gasteiger partial charge < -0.3 is 24.3 Å².